The van der Waals surface area contributed by atoms with Gasteiger partial charge in [-0.25, -0.2) is 8.42 Å². The van der Waals surface area contributed by atoms with E-state index in [4.69, 9.17) is 5.73 Å². The van der Waals surface area contributed by atoms with E-state index < -0.39 is 10.0 Å². The highest BCUT2D eigenvalue weighted by atomic mass is 32.2. The van der Waals surface area contributed by atoms with E-state index in [9.17, 15) is 8.42 Å². The number of anilines is 1. The molecule has 0 amide bonds. The van der Waals surface area contributed by atoms with Crippen molar-refractivity contribution in [3.05, 3.63) is 23.8 Å². The largest absolute Gasteiger partial charge is 0.399 e. The first-order chi connectivity index (χ1) is 8.84. The van der Waals surface area contributed by atoms with Gasteiger partial charge in [0.05, 0.1) is 4.90 Å². The van der Waals surface area contributed by atoms with E-state index in [0.29, 0.717) is 22.4 Å². The van der Waals surface area contributed by atoms with Gasteiger partial charge < -0.3 is 5.73 Å². The fourth-order valence-corrected chi connectivity index (χ4v) is 5.52. The molecule has 0 aliphatic carbocycles. The molecular weight excluding hydrogens is 280 g/mol. The van der Waals surface area contributed by atoms with Crippen LogP contribution < -0.4 is 5.73 Å². The Morgan fingerprint density at radius 1 is 1.37 bits per heavy atom. The summed E-state index contributed by atoms with van der Waals surface area (Å²) < 4.78 is 27.2. The van der Waals surface area contributed by atoms with Gasteiger partial charge in [-0.3, -0.25) is 0 Å². The van der Waals surface area contributed by atoms with Crippen molar-refractivity contribution in [2.45, 2.75) is 37.0 Å². The molecule has 6 heteroatoms. The highest BCUT2D eigenvalue weighted by Gasteiger charge is 2.35. The molecule has 0 aromatic heterocycles. The number of nitrogens with two attached hydrogens (primary N) is 1. The van der Waals surface area contributed by atoms with Crippen molar-refractivity contribution < 1.29 is 8.42 Å². The third kappa shape index (κ3) is 2.75. The summed E-state index contributed by atoms with van der Waals surface area (Å²) in [4.78, 5) is 0.332. The number of thioether (sulfide) groups is 1. The Morgan fingerprint density at radius 2 is 2.05 bits per heavy atom. The monoisotopic (exact) mass is 300 g/mol. The predicted octanol–water partition coefficient (Wildman–Crippen LogP) is 2.09. The number of aryl methyl sites for hydroxylation is 1. The molecule has 1 heterocycles. The zero-order valence-corrected chi connectivity index (χ0v) is 13.1. The smallest absolute Gasteiger partial charge is 0.243 e. The van der Waals surface area contributed by atoms with E-state index in [-0.39, 0.29) is 6.04 Å². The lowest BCUT2D eigenvalue weighted by molar-refractivity contribution is 0.340. The average Bonchev–Trinajstić information content (AvgIpc) is 2.35. The highest BCUT2D eigenvalue weighted by Crippen LogP contribution is 2.31. The fourth-order valence-electron chi connectivity index (χ4n) is 2.27. The standard InChI is InChI=1S/C13H20N2O2S2/c1-9-4-5-12(14)8-13(9)19(16,17)15-6-7-18-11(3)10(15)2/h4-5,8,10-11H,6-7,14H2,1-3H3. The number of rotatable bonds is 2. The summed E-state index contributed by atoms with van der Waals surface area (Å²) in [5.74, 6) is 0.839. The Balaban J connectivity index is 2.44. The quantitative estimate of drug-likeness (QED) is 0.850. The number of nitrogen functional groups attached to an aromatic ring is 1. The van der Waals surface area contributed by atoms with Crippen molar-refractivity contribution in [3.8, 4) is 0 Å². The molecule has 2 atom stereocenters. The minimum atomic E-state index is -3.46. The average molecular weight is 300 g/mol. The van der Waals surface area contributed by atoms with Gasteiger partial charge >= 0.3 is 0 Å². The van der Waals surface area contributed by atoms with Crippen molar-refractivity contribution in [2.75, 3.05) is 18.0 Å². The SMILES string of the molecule is Cc1ccc(N)cc1S(=O)(=O)N1CCSC(C)C1C. The van der Waals surface area contributed by atoms with E-state index in [0.717, 1.165) is 11.3 Å². The van der Waals surface area contributed by atoms with Crippen molar-refractivity contribution in [1.82, 2.24) is 4.31 Å². The minimum Gasteiger partial charge on any atom is -0.399 e. The maximum atomic E-state index is 12.8. The zero-order valence-electron chi connectivity index (χ0n) is 11.5. The minimum absolute atomic E-state index is 0.00424. The molecule has 2 N–H and O–H groups in total. The first-order valence-corrected chi connectivity index (χ1v) is 8.82. The number of hydrogen-bond donors (Lipinski definition) is 1. The van der Waals surface area contributed by atoms with Crippen molar-refractivity contribution >= 4 is 27.5 Å². The number of hydrogen-bond acceptors (Lipinski definition) is 4. The van der Waals surface area contributed by atoms with E-state index in [2.05, 4.69) is 6.92 Å². The summed E-state index contributed by atoms with van der Waals surface area (Å²) in [6.07, 6.45) is 0. The second-order valence-corrected chi connectivity index (χ2v) is 8.30. The normalized spacial score (nSPS) is 25.4. The van der Waals surface area contributed by atoms with E-state index in [1.807, 2.05) is 18.7 Å². The van der Waals surface area contributed by atoms with E-state index >= 15 is 0 Å². The molecular formula is C13H20N2O2S2. The molecule has 106 valence electrons. The Kier molecular flexibility index (Phi) is 4.13. The molecule has 1 saturated heterocycles. The van der Waals surface area contributed by atoms with Crippen molar-refractivity contribution in [2.24, 2.45) is 0 Å². The van der Waals surface area contributed by atoms with Crippen molar-refractivity contribution in [3.63, 3.8) is 0 Å². The first-order valence-electron chi connectivity index (χ1n) is 6.33. The van der Waals surface area contributed by atoms with Gasteiger partial charge in [-0.2, -0.15) is 16.1 Å². The van der Waals surface area contributed by atoms with Crippen LogP contribution in [0.2, 0.25) is 0 Å². The van der Waals surface area contributed by atoms with Gasteiger partial charge in [0.1, 0.15) is 0 Å². The summed E-state index contributed by atoms with van der Waals surface area (Å²) in [6, 6.07) is 5.05. The molecule has 2 unspecified atom stereocenters. The van der Waals surface area contributed by atoms with Crippen LogP contribution in [0.1, 0.15) is 19.4 Å². The third-order valence-corrected chi connectivity index (χ3v) is 7.09. The van der Waals surface area contributed by atoms with E-state index in [1.54, 1.807) is 29.4 Å². The topological polar surface area (TPSA) is 63.4 Å². The molecule has 0 bridgehead atoms. The molecule has 19 heavy (non-hydrogen) atoms. The second kappa shape index (κ2) is 5.34. The van der Waals surface area contributed by atoms with Gasteiger partial charge in [0.2, 0.25) is 10.0 Å². The number of benzene rings is 1. The second-order valence-electron chi connectivity index (χ2n) is 4.96. The van der Waals surface area contributed by atoms with Gasteiger partial charge in [0.25, 0.3) is 0 Å². The fraction of sp³-hybridized carbons (Fsp3) is 0.538. The van der Waals surface area contributed by atoms with E-state index in [1.165, 1.54) is 0 Å². The summed E-state index contributed by atoms with van der Waals surface area (Å²) in [6.45, 7) is 6.41. The molecule has 1 aromatic carbocycles. The number of nitrogens with zero attached hydrogens (tertiary/aromatic N) is 1. The molecule has 1 aliphatic rings. The summed E-state index contributed by atoms with van der Waals surface area (Å²) in [7, 11) is -3.46. The van der Waals surface area contributed by atoms with Gasteiger partial charge in [-0.1, -0.05) is 13.0 Å². The predicted molar refractivity (Wildman–Crippen MR) is 80.9 cm³/mol. The van der Waals surface area contributed by atoms with Gasteiger partial charge in [-0.15, -0.1) is 0 Å². The lowest BCUT2D eigenvalue weighted by Crippen LogP contribution is -2.47. The van der Waals surface area contributed by atoms with Gasteiger partial charge in [0, 0.05) is 29.3 Å². The molecule has 0 saturated carbocycles. The zero-order chi connectivity index (χ0) is 14.2. The maximum Gasteiger partial charge on any atom is 0.243 e. The van der Waals surface area contributed by atoms with Gasteiger partial charge in [-0.05, 0) is 31.5 Å². The van der Waals surface area contributed by atoms with Crippen LogP contribution in [-0.4, -0.2) is 36.3 Å². The number of sulfonamides is 1. The Labute approximate surface area is 119 Å². The van der Waals surface area contributed by atoms with Crippen LogP contribution in [0, 0.1) is 6.92 Å². The Hall–Kier alpha value is -0.720. The lowest BCUT2D eigenvalue weighted by Gasteiger charge is -2.36. The van der Waals surface area contributed by atoms with Crippen LogP contribution in [0.15, 0.2) is 23.1 Å². The summed E-state index contributed by atoms with van der Waals surface area (Å²) in [5.41, 5.74) is 6.95. The lowest BCUT2D eigenvalue weighted by atomic mass is 10.2. The van der Waals surface area contributed by atoms with Gasteiger partial charge in [0.15, 0.2) is 0 Å². The Bertz CT molecular complexity index is 572. The summed E-state index contributed by atoms with van der Waals surface area (Å²) >= 11 is 1.82. The molecule has 1 aliphatic heterocycles. The molecule has 4 nitrogen and oxygen atoms in total. The van der Waals surface area contributed by atoms with Crippen LogP contribution in [0.25, 0.3) is 0 Å². The van der Waals surface area contributed by atoms with Crippen LogP contribution in [0.3, 0.4) is 0 Å². The highest BCUT2D eigenvalue weighted by molar-refractivity contribution is 8.00. The van der Waals surface area contributed by atoms with Crippen LogP contribution in [-0.2, 0) is 10.0 Å². The first kappa shape index (κ1) is 14.7. The molecule has 1 fully saturated rings. The molecule has 2 rings (SSSR count). The molecule has 1 aromatic rings. The molecule has 0 spiro atoms. The third-order valence-electron chi connectivity index (χ3n) is 3.62. The van der Waals surface area contributed by atoms with Crippen LogP contribution in [0.4, 0.5) is 5.69 Å². The molecule has 0 radical (unpaired) electrons. The Morgan fingerprint density at radius 3 is 2.74 bits per heavy atom. The summed E-state index contributed by atoms with van der Waals surface area (Å²) in [5, 5.41) is 0.310. The van der Waals surface area contributed by atoms with Crippen LogP contribution >= 0.6 is 11.8 Å². The van der Waals surface area contributed by atoms with Crippen molar-refractivity contribution in [1.29, 1.82) is 0 Å². The maximum absolute atomic E-state index is 12.8. The van der Waals surface area contributed by atoms with Crippen LogP contribution in [0.5, 0.6) is 0 Å².